The van der Waals surface area contributed by atoms with Gasteiger partial charge in [0.15, 0.2) is 0 Å². The minimum Gasteiger partial charge on any atom is -0.382 e. The molecule has 1 amide bonds. The van der Waals surface area contributed by atoms with Crippen LogP contribution in [0.2, 0.25) is 0 Å². The summed E-state index contributed by atoms with van der Waals surface area (Å²) < 4.78 is 1.61. The Hall–Kier alpha value is -1.52. The van der Waals surface area contributed by atoms with Crippen molar-refractivity contribution in [1.82, 2.24) is 15.1 Å². The number of aryl methyl sites for hydroxylation is 1. The van der Waals surface area contributed by atoms with Gasteiger partial charge < -0.3 is 11.1 Å². The lowest BCUT2D eigenvalue weighted by atomic mass is 10.2. The van der Waals surface area contributed by atoms with Crippen molar-refractivity contribution in [3.8, 4) is 0 Å². The second kappa shape index (κ2) is 6.27. The lowest BCUT2D eigenvalue weighted by Gasteiger charge is -2.12. The SMILES string of the molecule is CCCCCNC(=O)C(C)n1cc(C)c(N)n1. The Bertz CT molecular complexity index is 353. The molecule has 17 heavy (non-hydrogen) atoms. The fraction of sp³-hybridized carbons (Fsp3) is 0.667. The van der Waals surface area contributed by atoms with E-state index in [1.54, 1.807) is 10.9 Å². The number of hydrogen-bond donors (Lipinski definition) is 2. The van der Waals surface area contributed by atoms with Crippen LogP contribution >= 0.6 is 0 Å². The number of nitrogens with one attached hydrogen (secondary N) is 1. The standard InChI is InChI=1S/C12H22N4O/c1-4-5-6-7-14-12(17)10(3)16-8-9(2)11(13)15-16/h8,10H,4-7H2,1-3H3,(H2,13,15)(H,14,17). The van der Waals surface area contributed by atoms with Crippen LogP contribution in [0.1, 0.15) is 44.7 Å². The molecule has 1 unspecified atom stereocenters. The molecule has 1 atom stereocenters. The van der Waals surface area contributed by atoms with Crippen molar-refractivity contribution in [1.29, 1.82) is 0 Å². The Balaban J connectivity index is 2.46. The fourth-order valence-corrected chi connectivity index (χ4v) is 1.55. The van der Waals surface area contributed by atoms with Gasteiger partial charge in [-0.1, -0.05) is 19.8 Å². The van der Waals surface area contributed by atoms with Crippen molar-refractivity contribution in [2.75, 3.05) is 12.3 Å². The van der Waals surface area contributed by atoms with Crippen LogP contribution in [0.3, 0.4) is 0 Å². The second-order valence-corrected chi connectivity index (χ2v) is 4.35. The van der Waals surface area contributed by atoms with Gasteiger partial charge in [0.1, 0.15) is 11.9 Å². The normalized spacial score (nSPS) is 12.4. The number of carbonyl (C=O) groups is 1. The van der Waals surface area contributed by atoms with E-state index in [0.29, 0.717) is 5.82 Å². The van der Waals surface area contributed by atoms with Crippen molar-refractivity contribution < 1.29 is 4.79 Å². The van der Waals surface area contributed by atoms with Crippen LogP contribution in [0.15, 0.2) is 6.20 Å². The first-order valence-electron chi connectivity index (χ1n) is 6.15. The third kappa shape index (κ3) is 3.76. The highest BCUT2D eigenvalue weighted by molar-refractivity contribution is 5.79. The Kier molecular flexibility index (Phi) is 5.00. The maximum atomic E-state index is 11.8. The molecular formula is C12H22N4O. The van der Waals surface area contributed by atoms with Crippen molar-refractivity contribution in [3.63, 3.8) is 0 Å². The summed E-state index contributed by atoms with van der Waals surface area (Å²) in [6.45, 7) is 6.57. The molecule has 0 aliphatic rings. The number of anilines is 1. The van der Waals surface area contributed by atoms with Gasteiger partial charge in [-0.3, -0.25) is 9.48 Å². The summed E-state index contributed by atoms with van der Waals surface area (Å²) in [5.74, 6) is 0.472. The number of amides is 1. The van der Waals surface area contributed by atoms with E-state index in [4.69, 9.17) is 5.73 Å². The van der Waals surface area contributed by atoms with Crippen molar-refractivity contribution in [2.24, 2.45) is 0 Å². The smallest absolute Gasteiger partial charge is 0.244 e. The van der Waals surface area contributed by atoms with Gasteiger partial charge in [-0.05, 0) is 20.3 Å². The van der Waals surface area contributed by atoms with Crippen LogP contribution in [-0.2, 0) is 4.79 Å². The number of rotatable bonds is 6. The molecule has 5 heteroatoms. The lowest BCUT2D eigenvalue weighted by molar-refractivity contribution is -0.124. The van der Waals surface area contributed by atoms with E-state index in [1.807, 2.05) is 13.8 Å². The van der Waals surface area contributed by atoms with Crippen LogP contribution in [-0.4, -0.2) is 22.2 Å². The molecule has 0 radical (unpaired) electrons. The highest BCUT2D eigenvalue weighted by atomic mass is 16.2. The highest BCUT2D eigenvalue weighted by Gasteiger charge is 2.15. The largest absolute Gasteiger partial charge is 0.382 e. The zero-order valence-corrected chi connectivity index (χ0v) is 10.9. The number of nitrogen functional groups attached to an aromatic ring is 1. The number of nitrogens with zero attached hydrogens (tertiary/aromatic N) is 2. The van der Waals surface area contributed by atoms with Crippen molar-refractivity contribution in [3.05, 3.63) is 11.8 Å². The Morgan fingerprint density at radius 1 is 1.59 bits per heavy atom. The molecule has 1 heterocycles. The van der Waals surface area contributed by atoms with E-state index in [9.17, 15) is 4.79 Å². The van der Waals surface area contributed by atoms with Crippen LogP contribution < -0.4 is 11.1 Å². The van der Waals surface area contributed by atoms with E-state index in [-0.39, 0.29) is 11.9 Å². The van der Waals surface area contributed by atoms with Gasteiger partial charge in [0, 0.05) is 18.3 Å². The van der Waals surface area contributed by atoms with Gasteiger partial charge >= 0.3 is 0 Å². The van der Waals surface area contributed by atoms with Gasteiger partial charge in [0.05, 0.1) is 0 Å². The average Bonchev–Trinajstić information content (AvgIpc) is 2.64. The summed E-state index contributed by atoms with van der Waals surface area (Å²) in [6.07, 6.45) is 5.11. The van der Waals surface area contributed by atoms with Crippen LogP contribution in [0.25, 0.3) is 0 Å². The highest BCUT2D eigenvalue weighted by Crippen LogP contribution is 2.12. The first kappa shape index (κ1) is 13.5. The monoisotopic (exact) mass is 238 g/mol. The van der Waals surface area contributed by atoms with E-state index in [2.05, 4.69) is 17.3 Å². The second-order valence-electron chi connectivity index (χ2n) is 4.35. The number of nitrogens with two attached hydrogens (primary N) is 1. The zero-order valence-electron chi connectivity index (χ0n) is 10.9. The number of unbranched alkanes of at least 4 members (excludes halogenated alkanes) is 2. The predicted molar refractivity (Wildman–Crippen MR) is 68.6 cm³/mol. The molecule has 0 spiro atoms. The summed E-state index contributed by atoms with van der Waals surface area (Å²) in [7, 11) is 0. The minimum absolute atomic E-state index is 0.0106. The zero-order chi connectivity index (χ0) is 12.8. The molecule has 0 saturated heterocycles. The van der Waals surface area contributed by atoms with Gasteiger partial charge in [0.25, 0.3) is 0 Å². The topological polar surface area (TPSA) is 72.9 Å². The Morgan fingerprint density at radius 3 is 2.82 bits per heavy atom. The summed E-state index contributed by atoms with van der Waals surface area (Å²) in [6, 6.07) is -0.312. The lowest BCUT2D eigenvalue weighted by Crippen LogP contribution is -2.32. The molecule has 1 rings (SSSR count). The molecule has 0 aliphatic carbocycles. The molecule has 5 nitrogen and oxygen atoms in total. The van der Waals surface area contributed by atoms with Crippen LogP contribution in [0.4, 0.5) is 5.82 Å². The number of hydrogen-bond acceptors (Lipinski definition) is 3. The van der Waals surface area contributed by atoms with E-state index < -0.39 is 0 Å². The first-order valence-corrected chi connectivity index (χ1v) is 6.15. The fourth-order valence-electron chi connectivity index (χ4n) is 1.55. The molecule has 1 aromatic heterocycles. The van der Waals surface area contributed by atoms with Crippen LogP contribution in [0.5, 0.6) is 0 Å². The predicted octanol–water partition coefficient (Wildman–Crippen LogP) is 1.64. The molecule has 1 aromatic rings. The van der Waals surface area contributed by atoms with Gasteiger partial charge in [-0.2, -0.15) is 5.10 Å². The number of carbonyl (C=O) groups excluding carboxylic acids is 1. The summed E-state index contributed by atoms with van der Waals surface area (Å²) in [5.41, 5.74) is 6.55. The minimum atomic E-state index is -0.312. The van der Waals surface area contributed by atoms with E-state index in [1.165, 1.54) is 0 Å². The average molecular weight is 238 g/mol. The number of aromatic nitrogens is 2. The Morgan fingerprint density at radius 2 is 2.29 bits per heavy atom. The molecule has 0 aliphatic heterocycles. The van der Waals surface area contributed by atoms with Crippen molar-refractivity contribution in [2.45, 2.75) is 46.1 Å². The molecule has 0 fully saturated rings. The third-order valence-electron chi connectivity index (χ3n) is 2.81. The molecular weight excluding hydrogens is 216 g/mol. The summed E-state index contributed by atoms with van der Waals surface area (Å²) in [4.78, 5) is 11.8. The van der Waals surface area contributed by atoms with Gasteiger partial charge in [-0.15, -0.1) is 0 Å². The molecule has 0 saturated carbocycles. The molecule has 0 bridgehead atoms. The van der Waals surface area contributed by atoms with E-state index in [0.717, 1.165) is 31.4 Å². The molecule has 3 N–H and O–H groups in total. The first-order chi connectivity index (χ1) is 8.06. The van der Waals surface area contributed by atoms with Gasteiger partial charge in [-0.25, -0.2) is 0 Å². The van der Waals surface area contributed by atoms with Crippen molar-refractivity contribution >= 4 is 11.7 Å². The maximum Gasteiger partial charge on any atom is 0.244 e. The van der Waals surface area contributed by atoms with Gasteiger partial charge in [0.2, 0.25) is 5.91 Å². The quantitative estimate of drug-likeness (QED) is 0.740. The summed E-state index contributed by atoms with van der Waals surface area (Å²) in [5, 5.41) is 7.01. The van der Waals surface area contributed by atoms with Crippen LogP contribution in [0, 0.1) is 6.92 Å². The maximum absolute atomic E-state index is 11.8. The summed E-state index contributed by atoms with van der Waals surface area (Å²) >= 11 is 0. The third-order valence-corrected chi connectivity index (χ3v) is 2.81. The molecule has 0 aromatic carbocycles. The van der Waals surface area contributed by atoms with E-state index >= 15 is 0 Å². The molecule has 96 valence electrons. The Labute approximate surface area is 102 Å².